The summed E-state index contributed by atoms with van der Waals surface area (Å²) >= 11 is 7.63. The van der Waals surface area contributed by atoms with Crippen LogP contribution in [0.3, 0.4) is 0 Å². The maximum atomic E-state index is 5.99. The highest BCUT2D eigenvalue weighted by atomic mass is 35.5. The SMILES string of the molecule is Cc1cnc(CSc2nc3ccc(Cl)cc3[nH]2)cc1N(C)C. The fraction of sp³-hybridized carbons (Fsp3) is 0.250. The van der Waals surface area contributed by atoms with Gasteiger partial charge in [-0.1, -0.05) is 23.4 Å². The lowest BCUT2D eigenvalue weighted by Gasteiger charge is -2.16. The normalized spacial score (nSPS) is 11.1. The van der Waals surface area contributed by atoms with Crippen LogP contribution in [0.25, 0.3) is 11.0 Å². The van der Waals surface area contributed by atoms with Crippen LogP contribution in [0, 0.1) is 6.92 Å². The number of rotatable bonds is 4. The van der Waals surface area contributed by atoms with Gasteiger partial charge in [-0.15, -0.1) is 0 Å². The molecule has 0 unspecified atom stereocenters. The third-order valence-corrected chi connectivity index (χ3v) is 4.53. The summed E-state index contributed by atoms with van der Waals surface area (Å²) in [5, 5.41) is 1.59. The molecule has 0 bridgehead atoms. The first kappa shape index (κ1) is 15.2. The molecular formula is C16H17ClN4S. The van der Waals surface area contributed by atoms with E-state index >= 15 is 0 Å². The molecule has 3 aromatic rings. The average Bonchev–Trinajstić information content (AvgIpc) is 2.88. The Kier molecular flexibility index (Phi) is 4.27. The zero-order valence-electron chi connectivity index (χ0n) is 12.7. The van der Waals surface area contributed by atoms with Crippen LogP contribution >= 0.6 is 23.4 Å². The van der Waals surface area contributed by atoms with Crippen LogP contribution < -0.4 is 4.90 Å². The largest absolute Gasteiger partial charge is 0.377 e. The summed E-state index contributed by atoms with van der Waals surface area (Å²) in [4.78, 5) is 14.4. The van der Waals surface area contributed by atoms with Crippen LogP contribution in [-0.4, -0.2) is 29.0 Å². The van der Waals surface area contributed by atoms with Crippen LogP contribution in [0.4, 0.5) is 5.69 Å². The maximum absolute atomic E-state index is 5.99. The summed E-state index contributed by atoms with van der Waals surface area (Å²) in [5.74, 6) is 0.772. The molecule has 4 nitrogen and oxygen atoms in total. The molecule has 2 heterocycles. The predicted octanol–water partition coefficient (Wildman–Crippen LogP) is 4.28. The number of pyridine rings is 1. The number of halogens is 1. The standard InChI is InChI=1S/C16H17ClN4S/c1-10-8-18-12(7-15(10)21(2)3)9-22-16-19-13-5-4-11(17)6-14(13)20-16/h4-8H,9H2,1-3H3,(H,19,20). The number of thioether (sulfide) groups is 1. The smallest absolute Gasteiger partial charge is 0.166 e. The molecule has 0 spiro atoms. The third-order valence-electron chi connectivity index (χ3n) is 3.39. The van der Waals surface area contributed by atoms with Gasteiger partial charge in [0.05, 0.1) is 16.7 Å². The highest BCUT2D eigenvalue weighted by Gasteiger charge is 2.07. The Bertz CT molecular complexity index is 813. The molecule has 22 heavy (non-hydrogen) atoms. The van der Waals surface area contributed by atoms with Gasteiger partial charge in [-0.3, -0.25) is 4.98 Å². The predicted molar refractivity (Wildman–Crippen MR) is 94.0 cm³/mol. The molecule has 0 aliphatic heterocycles. The lowest BCUT2D eigenvalue weighted by Crippen LogP contribution is -2.11. The van der Waals surface area contributed by atoms with Crippen LogP contribution in [-0.2, 0) is 5.75 Å². The maximum Gasteiger partial charge on any atom is 0.166 e. The molecule has 0 aliphatic rings. The fourth-order valence-corrected chi connectivity index (χ4v) is 3.24. The number of imidazole rings is 1. The van der Waals surface area contributed by atoms with Crippen molar-refractivity contribution in [3.63, 3.8) is 0 Å². The van der Waals surface area contributed by atoms with Gasteiger partial charge >= 0.3 is 0 Å². The molecule has 3 rings (SSSR count). The number of aromatic amines is 1. The van der Waals surface area contributed by atoms with Crippen molar-refractivity contribution < 1.29 is 0 Å². The lowest BCUT2D eigenvalue weighted by atomic mass is 10.2. The van der Waals surface area contributed by atoms with Crippen LogP contribution in [0.5, 0.6) is 0 Å². The van der Waals surface area contributed by atoms with E-state index < -0.39 is 0 Å². The van der Waals surface area contributed by atoms with Crippen molar-refractivity contribution in [2.45, 2.75) is 17.8 Å². The number of anilines is 1. The summed E-state index contributed by atoms with van der Waals surface area (Å²) < 4.78 is 0. The second kappa shape index (κ2) is 6.18. The molecule has 2 aromatic heterocycles. The molecule has 114 valence electrons. The van der Waals surface area contributed by atoms with E-state index in [4.69, 9.17) is 11.6 Å². The minimum Gasteiger partial charge on any atom is -0.377 e. The molecule has 0 amide bonds. The van der Waals surface area contributed by atoms with Crippen molar-refractivity contribution in [3.05, 3.63) is 46.7 Å². The number of fused-ring (bicyclic) bond motifs is 1. The number of nitrogens with one attached hydrogen (secondary N) is 1. The van der Waals surface area contributed by atoms with E-state index in [0.717, 1.165) is 27.6 Å². The van der Waals surface area contributed by atoms with Gasteiger partial charge < -0.3 is 9.88 Å². The molecule has 0 saturated carbocycles. The van der Waals surface area contributed by atoms with Crippen LogP contribution in [0.1, 0.15) is 11.3 Å². The Hall–Kier alpha value is -1.72. The summed E-state index contributed by atoms with van der Waals surface area (Å²) in [7, 11) is 4.09. The monoisotopic (exact) mass is 332 g/mol. The fourth-order valence-electron chi connectivity index (χ4n) is 2.28. The second-order valence-electron chi connectivity index (χ2n) is 5.35. The Balaban J connectivity index is 1.77. The average molecular weight is 333 g/mol. The molecule has 0 saturated heterocycles. The van der Waals surface area contributed by atoms with Gasteiger partial charge in [0.1, 0.15) is 0 Å². The zero-order valence-corrected chi connectivity index (χ0v) is 14.3. The van der Waals surface area contributed by atoms with Crippen molar-refractivity contribution >= 4 is 40.1 Å². The van der Waals surface area contributed by atoms with Gasteiger partial charge in [0.15, 0.2) is 5.16 Å². The van der Waals surface area contributed by atoms with Gasteiger partial charge in [0.2, 0.25) is 0 Å². The number of benzene rings is 1. The Labute approximate surface area is 138 Å². The van der Waals surface area contributed by atoms with Gasteiger partial charge in [0.25, 0.3) is 0 Å². The summed E-state index contributed by atoms with van der Waals surface area (Å²) in [6.07, 6.45) is 1.92. The minimum atomic E-state index is 0.712. The first-order valence-corrected chi connectivity index (χ1v) is 8.30. The number of aromatic nitrogens is 3. The molecule has 0 atom stereocenters. The number of H-pyrrole nitrogens is 1. The number of nitrogens with zero attached hydrogens (tertiary/aromatic N) is 3. The van der Waals surface area contributed by atoms with Crippen LogP contribution in [0.2, 0.25) is 5.02 Å². The number of hydrogen-bond acceptors (Lipinski definition) is 4. The van der Waals surface area contributed by atoms with E-state index in [-0.39, 0.29) is 0 Å². The Morgan fingerprint density at radius 1 is 1.27 bits per heavy atom. The molecule has 0 radical (unpaired) electrons. The first-order valence-electron chi connectivity index (χ1n) is 6.94. The molecule has 1 aromatic carbocycles. The van der Waals surface area contributed by atoms with Gasteiger partial charge in [0, 0.05) is 36.8 Å². The van der Waals surface area contributed by atoms with Gasteiger partial charge in [-0.2, -0.15) is 0 Å². The van der Waals surface area contributed by atoms with Gasteiger partial charge in [-0.05, 0) is 36.8 Å². The lowest BCUT2D eigenvalue weighted by molar-refractivity contribution is 1.05. The highest BCUT2D eigenvalue weighted by Crippen LogP contribution is 2.26. The van der Waals surface area contributed by atoms with E-state index in [1.54, 1.807) is 11.8 Å². The summed E-state index contributed by atoms with van der Waals surface area (Å²) in [5.41, 5.74) is 5.30. The van der Waals surface area contributed by atoms with Crippen molar-refractivity contribution in [2.75, 3.05) is 19.0 Å². The zero-order chi connectivity index (χ0) is 15.7. The first-order chi connectivity index (χ1) is 10.5. The van der Waals surface area contributed by atoms with Crippen molar-refractivity contribution in [1.29, 1.82) is 0 Å². The quantitative estimate of drug-likeness (QED) is 0.724. The van der Waals surface area contributed by atoms with Gasteiger partial charge in [-0.25, -0.2) is 4.98 Å². The Morgan fingerprint density at radius 2 is 2.09 bits per heavy atom. The van der Waals surface area contributed by atoms with E-state index in [1.807, 2.05) is 38.5 Å². The number of aryl methyl sites for hydroxylation is 1. The second-order valence-corrected chi connectivity index (χ2v) is 6.75. The van der Waals surface area contributed by atoms with E-state index in [1.165, 1.54) is 11.3 Å². The third kappa shape index (κ3) is 3.20. The minimum absolute atomic E-state index is 0.712. The van der Waals surface area contributed by atoms with Crippen LogP contribution in [0.15, 0.2) is 35.6 Å². The topological polar surface area (TPSA) is 44.8 Å². The highest BCUT2D eigenvalue weighted by molar-refractivity contribution is 7.98. The summed E-state index contributed by atoms with van der Waals surface area (Å²) in [6.45, 7) is 2.07. The van der Waals surface area contributed by atoms with Crippen molar-refractivity contribution in [2.24, 2.45) is 0 Å². The molecular weight excluding hydrogens is 316 g/mol. The number of hydrogen-bond donors (Lipinski definition) is 1. The van der Waals surface area contributed by atoms with E-state index in [2.05, 4.69) is 32.8 Å². The van der Waals surface area contributed by atoms with Crippen molar-refractivity contribution in [1.82, 2.24) is 15.0 Å². The molecule has 1 N–H and O–H groups in total. The van der Waals surface area contributed by atoms with Crippen molar-refractivity contribution in [3.8, 4) is 0 Å². The molecule has 6 heteroatoms. The molecule has 0 aliphatic carbocycles. The molecule has 0 fully saturated rings. The Morgan fingerprint density at radius 3 is 2.86 bits per heavy atom. The summed E-state index contributed by atoms with van der Waals surface area (Å²) in [6, 6.07) is 7.79. The van der Waals surface area contributed by atoms with E-state index in [9.17, 15) is 0 Å². The van der Waals surface area contributed by atoms with E-state index in [0.29, 0.717) is 5.02 Å².